The summed E-state index contributed by atoms with van der Waals surface area (Å²) in [5.74, 6) is -2.29. The number of nitrogens with one attached hydrogen (secondary N) is 2. The Morgan fingerprint density at radius 3 is 2.41 bits per heavy atom. The molecule has 0 radical (unpaired) electrons. The Bertz CT molecular complexity index is 1290. The number of para-hydroxylation sites is 1. The molecular formula is C25H18FN3O5. The maximum absolute atomic E-state index is 13.6. The second-order valence-corrected chi connectivity index (χ2v) is 7.21. The van der Waals surface area contributed by atoms with Crippen LogP contribution >= 0.6 is 0 Å². The van der Waals surface area contributed by atoms with E-state index < -0.39 is 23.7 Å². The molecule has 3 aromatic rings. The lowest BCUT2D eigenvalue weighted by Crippen LogP contribution is -2.54. The van der Waals surface area contributed by atoms with E-state index in [4.69, 9.17) is 4.74 Å². The molecule has 2 N–H and O–H groups in total. The summed E-state index contributed by atoms with van der Waals surface area (Å²) >= 11 is 0. The molecular weight excluding hydrogens is 441 g/mol. The van der Waals surface area contributed by atoms with E-state index in [0.29, 0.717) is 21.9 Å². The number of amides is 5. The van der Waals surface area contributed by atoms with Crippen molar-refractivity contribution >= 4 is 41.2 Å². The van der Waals surface area contributed by atoms with Crippen molar-refractivity contribution in [3.63, 3.8) is 0 Å². The van der Waals surface area contributed by atoms with Crippen molar-refractivity contribution in [2.24, 2.45) is 0 Å². The van der Waals surface area contributed by atoms with E-state index >= 15 is 0 Å². The van der Waals surface area contributed by atoms with E-state index in [-0.39, 0.29) is 23.8 Å². The minimum absolute atomic E-state index is 0.00146. The molecule has 1 aliphatic heterocycles. The molecule has 1 saturated heterocycles. The molecule has 1 aliphatic rings. The van der Waals surface area contributed by atoms with Crippen LogP contribution in [0.4, 0.5) is 20.6 Å². The zero-order valence-electron chi connectivity index (χ0n) is 17.7. The maximum atomic E-state index is 13.6. The first kappa shape index (κ1) is 22.4. The van der Waals surface area contributed by atoms with Crippen LogP contribution in [-0.2, 0) is 14.4 Å². The molecule has 0 atom stereocenters. The van der Waals surface area contributed by atoms with Crippen molar-refractivity contribution in [3.05, 3.63) is 95.8 Å². The predicted octanol–water partition coefficient (Wildman–Crippen LogP) is 3.51. The molecule has 4 rings (SSSR count). The molecule has 5 amide bonds. The quantitative estimate of drug-likeness (QED) is 0.434. The lowest BCUT2D eigenvalue weighted by molar-refractivity contribution is -0.122. The molecule has 8 nitrogen and oxygen atoms in total. The van der Waals surface area contributed by atoms with Gasteiger partial charge in [-0.05, 0) is 54.1 Å². The van der Waals surface area contributed by atoms with E-state index in [2.05, 4.69) is 10.6 Å². The fourth-order valence-corrected chi connectivity index (χ4v) is 3.20. The molecule has 170 valence electrons. The monoisotopic (exact) mass is 459 g/mol. The van der Waals surface area contributed by atoms with Gasteiger partial charge in [-0.15, -0.1) is 0 Å². The SMILES string of the molecule is O=C(COc1ccc(/C=C2\C(=O)NC(=O)N(c3cccc(F)c3)C2=O)cc1)Nc1ccccc1. The fourth-order valence-electron chi connectivity index (χ4n) is 3.20. The standard InChI is InChI=1S/C25H18FN3O5/c26-17-5-4-8-19(14-17)29-24(32)21(23(31)28-25(29)33)13-16-9-11-20(12-10-16)34-15-22(30)27-18-6-2-1-3-7-18/h1-14H,15H2,(H,27,30)(H,28,31,33)/b21-13+. The van der Waals surface area contributed by atoms with Gasteiger partial charge in [-0.3, -0.25) is 19.7 Å². The highest BCUT2D eigenvalue weighted by Gasteiger charge is 2.36. The van der Waals surface area contributed by atoms with Crippen molar-refractivity contribution in [1.29, 1.82) is 0 Å². The average molecular weight is 459 g/mol. The number of ether oxygens (including phenoxy) is 1. The van der Waals surface area contributed by atoms with Crippen LogP contribution in [0.3, 0.4) is 0 Å². The molecule has 0 unspecified atom stereocenters. The van der Waals surface area contributed by atoms with E-state index in [1.165, 1.54) is 24.3 Å². The molecule has 3 aromatic carbocycles. The number of halogens is 1. The van der Waals surface area contributed by atoms with Gasteiger partial charge in [0.1, 0.15) is 17.1 Å². The van der Waals surface area contributed by atoms with Gasteiger partial charge in [-0.2, -0.15) is 0 Å². The van der Waals surface area contributed by atoms with E-state index in [9.17, 15) is 23.6 Å². The molecule has 0 aliphatic carbocycles. The summed E-state index contributed by atoms with van der Waals surface area (Å²) < 4.78 is 19.0. The second kappa shape index (κ2) is 9.78. The number of nitrogens with zero attached hydrogens (tertiary/aromatic N) is 1. The highest BCUT2D eigenvalue weighted by atomic mass is 19.1. The number of hydrogen-bond donors (Lipinski definition) is 2. The number of imide groups is 2. The molecule has 9 heteroatoms. The van der Waals surface area contributed by atoms with Gasteiger partial charge in [0, 0.05) is 5.69 Å². The van der Waals surface area contributed by atoms with Gasteiger partial charge in [0.05, 0.1) is 5.69 Å². The number of carbonyl (C=O) groups excluding carboxylic acids is 4. The summed E-state index contributed by atoms with van der Waals surface area (Å²) in [6.45, 7) is -0.207. The summed E-state index contributed by atoms with van der Waals surface area (Å²) in [4.78, 5) is 50.0. The van der Waals surface area contributed by atoms with Gasteiger partial charge in [-0.25, -0.2) is 14.1 Å². The van der Waals surface area contributed by atoms with Gasteiger partial charge in [0.25, 0.3) is 17.7 Å². The van der Waals surface area contributed by atoms with Crippen molar-refractivity contribution in [2.45, 2.75) is 0 Å². The van der Waals surface area contributed by atoms with Crippen LogP contribution in [0.1, 0.15) is 5.56 Å². The third-order valence-corrected chi connectivity index (χ3v) is 4.79. The largest absolute Gasteiger partial charge is 0.484 e. The first-order valence-electron chi connectivity index (χ1n) is 10.2. The molecule has 34 heavy (non-hydrogen) atoms. The van der Waals surface area contributed by atoms with Gasteiger partial charge in [-0.1, -0.05) is 36.4 Å². The van der Waals surface area contributed by atoms with Gasteiger partial charge < -0.3 is 10.1 Å². The van der Waals surface area contributed by atoms with Crippen LogP contribution in [0, 0.1) is 5.82 Å². The number of hydrogen-bond acceptors (Lipinski definition) is 5. The molecule has 0 aromatic heterocycles. The topological polar surface area (TPSA) is 105 Å². The van der Waals surface area contributed by atoms with E-state index in [1.807, 2.05) is 6.07 Å². The van der Waals surface area contributed by atoms with Crippen LogP contribution in [-0.4, -0.2) is 30.4 Å². The number of anilines is 2. The Kier molecular flexibility index (Phi) is 6.45. The summed E-state index contributed by atoms with van der Waals surface area (Å²) in [6.07, 6.45) is 1.31. The lowest BCUT2D eigenvalue weighted by atomic mass is 10.1. The zero-order chi connectivity index (χ0) is 24.1. The first-order chi connectivity index (χ1) is 16.4. The van der Waals surface area contributed by atoms with Crippen LogP contribution in [0.15, 0.2) is 84.4 Å². The highest BCUT2D eigenvalue weighted by Crippen LogP contribution is 2.23. The minimum atomic E-state index is -0.963. The second-order valence-electron chi connectivity index (χ2n) is 7.21. The van der Waals surface area contributed by atoms with Gasteiger partial charge >= 0.3 is 6.03 Å². The van der Waals surface area contributed by atoms with E-state index in [1.54, 1.807) is 48.5 Å². The third-order valence-electron chi connectivity index (χ3n) is 4.79. The van der Waals surface area contributed by atoms with Crippen LogP contribution in [0.5, 0.6) is 5.75 Å². The summed E-state index contributed by atoms with van der Waals surface area (Å²) in [7, 11) is 0. The summed E-state index contributed by atoms with van der Waals surface area (Å²) in [6, 6.07) is 19.2. The molecule has 1 fully saturated rings. The Balaban J connectivity index is 1.44. The Morgan fingerprint density at radius 2 is 1.71 bits per heavy atom. The van der Waals surface area contributed by atoms with Gasteiger partial charge in [0.15, 0.2) is 6.61 Å². The Hall–Kier alpha value is -4.79. The lowest BCUT2D eigenvalue weighted by Gasteiger charge is -2.26. The van der Waals surface area contributed by atoms with Crippen molar-refractivity contribution in [1.82, 2.24) is 5.32 Å². The normalized spacial score (nSPS) is 14.7. The fraction of sp³-hybridized carbons (Fsp3) is 0.0400. The number of urea groups is 1. The maximum Gasteiger partial charge on any atom is 0.335 e. The van der Waals surface area contributed by atoms with E-state index in [0.717, 1.165) is 6.07 Å². The molecule has 0 bridgehead atoms. The van der Waals surface area contributed by atoms with Crippen molar-refractivity contribution in [2.75, 3.05) is 16.8 Å². The Morgan fingerprint density at radius 1 is 0.971 bits per heavy atom. The van der Waals surface area contributed by atoms with Crippen LogP contribution < -0.4 is 20.3 Å². The first-order valence-corrected chi connectivity index (χ1v) is 10.2. The average Bonchev–Trinajstić information content (AvgIpc) is 2.82. The van der Waals surface area contributed by atoms with Crippen molar-refractivity contribution < 1.29 is 28.3 Å². The predicted molar refractivity (Wildman–Crippen MR) is 122 cm³/mol. The number of carbonyl (C=O) groups is 4. The van der Waals surface area contributed by atoms with Crippen LogP contribution in [0.2, 0.25) is 0 Å². The Labute approximate surface area is 193 Å². The minimum Gasteiger partial charge on any atom is -0.484 e. The summed E-state index contributed by atoms with van der Waals surface area (Å²) in [5, 5.41) is 4.78. The van der Waals surface area contributed by atoms with Gasteiger partial charge in [0.2, 0.25) is 0 Å². The number of barbiturate groups is 1. The third kappa shape index (κ3) is 5.16. The number of benzene rings is 3. The van der Waals surface area contributed by atoms with Crippen molar-refractivity contribution in [3.8, 4) is 5.75 Å². The van der Waals surface area contributed by atoms with Crippen LogP contribution in [0.25, 0.3) is 6.08 Å². The molecule has 0 spiro atoms. The number of rotatable bonds is 6. The highest BCUT2D eigenvalue weighted by molar-refractivity contribution is 6.39. The smallest absolute Gasteiger partial charge is 0.335 e. The summed E-state index contributed by atoms with van der Waals surface area (Å²) in [5.41, 5.74) is 0.839. The molecule has 1 heterocycles. The molecule has 0 saturated carbocycles. The zero-order valence-corrected chi connectivity index (χ0v) is 17.7.